The van der Waals surface area contributed by atoms with Gasteiger partial charge in [0, 0.05) is 11.5 Å². The highest BCUT2D eigenvalue weighted by atomic mass is 79.9. The Hall–Kier alpha value is -1.43. The minimum atomic E-state index is -0.287. The van der Waals surface area contributed by atoms with Crippen LogP contribution in [-0.4, -0.2) is 14.8 Å². The molecular weight excluding hydrogens is 275 g/mol. The maximum absolute atomic E-state index is 13.4. The summed E-state index contributed by atoms with van der Waals surface area (Å²) in [4.78, 5) is 4.04. The first-order chi connectivity index (χ1) is 7.66. The van der Waals surface area contributed by atoms with Gasteiger partial charge in [-0.15, -0.1) is 0 Å². The topological polar surface area (TPSA) is 42.7 Å². The fraction of sp³-hybridized carbons (Fsp3) is 0.200. The number of halogens is 2. The molecule has 0 bridgehead atoms. The number of anilines is 1. The monoisotopic (exact) mass is 284 g/mol. The van der Waals surface area contributed by atoms with Gasteiger partial charge in [-0.05, 0) is 18.2 Å². The summed E-state index contributed by atoms with van der Waals surface area (Å²) in [5, 5.41) is 6.90. The van der Waals surface area contributed by atoms with Crippen molar-refractivity contribution in [3.05, 3.63) is 40.6 Å². The van der Waals surface area contributed by atoms with Crippen LogP contribution in [-0.2, 0) is 13.6 Å². The fourth-order valence-corrected chi connectivity index (χ4v) is 1.65. The number of nitrogens with zero attached hydrogens (tertiary/aromatic N) is 3. The zero-order valence-corrected chi connectivity index (χ0v) is 10.2. The smallest absolute Gasteiger partial charge is 0.146 e. The molecule has 0 atom stereocenters. The van der Waals surface area contributed by atoms with Crippen LogP contribution in [0, 0.1) is 5.82 Å². The quantitative estimate of drug-likeness (QED) is 0.941. The van der Waals surface area contributed by atoms with Crippen LogP contribution in [0.5, 0.6) is 0 Å². The van der Waals surface area contributed by atoms with Crippen LogP contribution in [0.1, 0.15) is 5.82 Å². The normalized spacial score (nSPS) is 10.4. The third-order valence-electron chi connectivity index (χ3n) is 2.17. The molecule has 2 rings (SSSR count). The van der Waals surface area contributed by atoms with E-state index in [1.807, 2.05) is 0 Å². The van der Waals surface area contributed by atoms with Crippen molar-refractivity contribution in [2.24, 2.45) is 7.05 Å². The van der Waals surface area contributed by atoms with Crippen molar-refractivity contribution in [1.29, 1.82) is 0 Å². The van der Waals surface area contributed by atoms with Crippen LogP contribution in [0.4, 0.5) is 10.1 Å². The van der Waals surface area contributed by atoms with E-state index in [-0.39, 0.29) is 5.82 Å². The molecule has 1 heterocycles. The number of benzene rings is 1. The fourth-order valence-electron chi connectivity index (χ4n) is 1.29. The molecule has 0 aliphatic rings. The first-order valence-corrected chi connectivity index (χ1v) is 5.48. The second kappa shape index (κ2) is 4.61. The minimum absolute atomic E-state index is 0.287. The van der Waals surface area contributed by atoms with Gasteiger partial charge in [-0.25, -0.2) is 9.37 Å². The van der Waals surface area contributed by atoms with E-state index >= 15 is 0 Å². The van der Waals surface area contributed by atoms with Crippen molar-refractivity contribution in [3.63, 3.8) is 0 Å². The lowest BCUT2D eigenvalue weighted by atomic mass is 10.3. The van der Waals surface area contributed by atoms with E-state index in [0.717, 1.165) is 10.3 Å². The molecule has 0 aliphatic carbocycles. The van der Waals surface area contributed by atoms with Gasteiger partial charge in [-0.2, -0.15) is 5.10 Å². The van der Waals surface area contributed by atoms with Gasteiger partial charge in [0.1, 0.15) is 18.0 Å². The van der Waals surface area contributed by atoms with Crippen LogP contribution in [0.3, 0.4) is 0 Å². The molecule has 16 heavy (non-hydrogen) atoms. The Morgan fingerprint density at radius 3 is 3.00 bits per heavy atom. The molecule has 84 valence electrons. The van der Waals surface area contributed by atoms with E-state index in [1.54, 1.807) is 23.9 Å². The number of hydrogen-bond acceptors (Lipinski definition) is 3. The van der Waals surface area contributed by atoms with E-state index in [1.165, 1.54) is 12.4 Å². The highest BCUT2D eigenvalue weighted by molar-refractivity contribution is 9.10. The summed E-state index contributed by atoms with van der Waals surface area (Å²) in [6.45, 7) is 0.434. The van der Waals surface area contributed by atoms with Gasteiger partial charge >= 0.3 is 0 Å². The summed E-state index contributed by atoms with van der Waals surface area (Å²) >= 11 is 3.29. The molecule has 0 saturated heterocycles. The SMILES string of the molecule is Cn1ncnc1CNc1cc(Br)ccc1F. The maximum Gasteiger partial charge on any atom is 0.146 e. The Labute approximate surface area is 101 Å². The van der Waals surface area contributed by atoms with E-state index in [0.29, 0.717) is 12.2 Å². The molecule has 0 spiro atoms. The molecule has 0 saturated carbocycles. The third-order valence-corrected chi connectivity index (χ3v) is 2.66. The third kappa shape index (κ3) is 2.38. The lowest BCUT2D eigenvalue weighted by molar-refractivity contribution is 0.628. The van der Waals surface area contributed by atoms with Crippen molar-refractivity contribution >= 4 is 21.6 Å². The summed E-state index contributed by atoms with van der Waals surface area (Å²) in [6, 6.07) is 4.75. The number of nitrogens with one attached hydrogen (secondary N) is 1. The minimum Gasteiger partial charge on any atom is -0.375 e. The largest absolute Gasteiger partial charge is 0.375 e. The standard InChI is InChI=1S/C10H10BrFN4/c1-16-10(14-6-15-16)5-13-9-4-7(11)2-3-8(9)12/h2-4,6,13H,5H2,1H3. The van der Waals surface area contributed by atoms with E-state index in [2.05, 4.69) is 31.3 Å². The molecule has 1 aromatic carbocycles. The van der Waals surface area contributed by atoms with Crippen molar-refractivity contribution in [1.82, 2.24) is 14.8 Å². The predicted molar refractivity (Wildman–Crippen MR) is 62.4 cm³/mol. The zero-order valence-electron chi connectivity index (χ0n) is 8.61. The first-order valence-electron chi connectivity index (χ1n) is 4.68. The number of rotatable bonds is 3. The summed E-state index contributed by atoms with van der Waals surface area (Å²) in [5.74, 6) is 0.463. The van der Waals surface area contributed by atoms with E-state index < -0.39 is 0 Å². The molecule has 1 aromatic heterocycles. The van der Waals surface area contributed by atoms with Gasteiger partial charge in [0.05, 0.1) is 12.2 Å². The highest BCUT2D eigenvalue weighted by Gasteiger charge is 2.04. The van der Waals surface area contributed by atoms with Gasteiger partial charge in [-0.1, -0.05) is 15.9 Å². The molecule has 0 fully saturated rings. The van der Waals surface area contributed by atoms with Gasteiger partial charge in [0.2, 0.25) is 0 Å². The van der Waals surface area contributed by atoms with Crippen LogP contribution in [0.15, 0.2) is 29.0 Å². The van der Waals surface area contributed by atoms with Gasteiger partial charge in [0.25, 0.3) is 0 Å². The summed E-state index contributed by atoms with van der Waals surface area (Å²) < 4.78 is 15.8. The molecular formula is C10H10BrFN4. The maximum atomic E-state index is 13.4. The molecule has 0 aliphatic heterocycles. The van der Waals surface area contributed by atoms with E-state index in [4.69, 9.17) is 0 Å². The molecule has 1 N–H and O–H groups in total. The van der Waals surface area contributed by atoms with E-state index in [9.17, 15) is 4.39 Å². The Balaban J connectivity index is 2.10. The average molecular weight is 285 g/mol. The lowest BCUT2D eigenvalue weighted by Crippen LogP contribution is -2.07. The van der Waals surface area contributed by atoms with Crippen LogP contribution >= 0.6 is 15.9 Å². The van der Waals surface area contributed by atoms with Gasteiger partial charge in [0.15, 0.2) is 0 Å². The molecule has 0 radical (unpaired) electrons. The van der Waals surface area contributed by atoms with Crippen LogP contribution in [0.25, 0.3) is 0 Å². The predicted octanol–water partition coefficient (Wildman–Crippen LogP) is 2.33. The molecule has 4 nitrogen and oxygen atoms in total. The van der Waals surface area contributed by atoms with Gasteiger partial charge < -0.3 is 5.32 Å². The Bertz CT molecular complexity index is 497. The molecule has 2 aromatic rings. The number of aryl methyl sites for hydroxylation is 1. The summed E-state index contributed by atoms with van der Waals surface area (Å²) in [6.07, 6.45) is 1.47. The van der Waals surface area contributed by atoms with Crippen molar-refractivity contribution in [3.8, 4) is 0 Å². The Morgan fingerprint density at radius 2 is 2.31 bits per heavy atom. The molecule has 0 unspecified atom stereocenters. The molecule has 6 heteroatoms. The summed E-state index contributed by atoms with van der Waals surface area (Å²) in [7, 11) is 1.79. The first kappa shape index (κ1) is 11.1. The lowest BCUT2D eigenvalue weighted by Gasteiger charge is -2.07. The Morgan fingerprint density at radius 1 is 1.50 bits per heavy atom. The van der Waals surface area contributed by atoms with Crippen molar-refractivity contribution in [2.45, 2.75) is 6.54 Å². The average Bonchev–Trinajstić information content (AvgIpc) is 2.66. The Kier molecular flexibility index (Phi) is 3.19. The second-order valence-electron chi connectivity index (χ2n) is 3.28. The highest BCUT2D eigenvalue weighted by Crippen LogP contribution is 2.20. The van der Waals surface area contributed by atoms with Gasteiger partial charge in [-0.3, -0.25) is 4.68 Å². The zero-order chi connectivity index (χ0) is 11.5. The summed E-state index contributed by atoms with van der Waals surface area (Å²) in [5.41, 5.74) is 0.442. The number of aromatic nitrogens is 3. The van der Waals surface area contributed by atoms with Crippen molar-refractivity contribution < 1.29 is 4.39 Å². The second-order valence-corrected chi connectivity index (χ2v) is 4.19. The van der Waals surface area contributed by atoms with Crippen molar-refractivity contribution in [2.75, 3.05) is 5.32 Å². The molecule has 0 amide bonds. The number of hydrogen-bond donors (Lipinski definition) is 1. The van der Waals surface area contributed by atoms with Crippen LogP contribution < -0.4 is 5.32 Å². The van der Waals surface area contributed by atoms with Crippen LogP contribution in [0.2, 0.25) is 0 Å².